The first kappa shape index (κ1) is 19.2. The van der Waals surface area contributed by atoms with Gasteiger partial charge in [0.15, 0.2) is 0 Å². The van der Waals surface area contributed by atoms with Gasteiger partial charge in [0.2, 0.25) is 0 Å². The number of esters is 1. The molecule has 2 aliphatic rings. The third-order valence-corrected chi connectivity index (χ3v) is 3.93. The molecule has 0 saturated heterocycles. The van der Waals surface area contributed by atoms with Crippen LogP contribution in [0.1, 0.15) is 24.2 Å². The predicted octanol–water partition coefficient (Wildman–Crippen LogP) is 4.68. The number of para-hydroxylation sites is 2. The SMILES string of the molecule is CCOC(=O)Nc1ccccc1Nc1nc2cccccc-2c1C(=O)OCC. The lowest BCUT2D eigenvalue weighted by Gasteiger charge is -2.12. The number of fused-ring (bicyclic) bond motifs is 1. The molecule has 0 unspecified atom stereocenters. The van der Waals surface area contributed by atoms with Crippen LogP contribution in [-0.2, 0) is 9.47 Å². The van der Waals surface area contributed by atoms with Crippen LogP contribution in [0, 0.1) is 0 Å². The number of anilines is 3. The van der Waals surface area contributed by atoms with Gasteiger partial charge in [-0.15, -0.1) is 0 Å². The predicted molar refractivity (Wildman–Crippen MR) is 107 cm³/mol. The van der Waals surface area contributed by atoms with Crippen LogP contribution in [0.4, 0.5) is 22.0 Å². The number of nitrogens with zero attached hydrogens (tertiary/aromatic N) is 1. The van der Waals surface area contributed by atoms with Crippen LogP contribution in [-0.4, -0.2) is 30.3 Å². The third kappa shape index (κ3) is 4.20. The summed E-state index contributed by atoms with van der Waals surface area (Å²) in [6, 6.07) is 16.3. The zero-order chi connectivity index (χ0) is 19.9. The summed E-state index contributed by atoms with van der Waals surface area (Å²) < 4.78 is 10.2. The zero-order valence-electron chi connectivity index (χ0n) is 15.7. The van der Waals surface area contributed by atoms with Crippen molar-refractivity contribution in [1.29, 1.82) is 0 Å². The number of aromatic nitrogens is 1. The highest BCUT2D eigenvalue weighted by atomic mass is 16.5. The van der Waals surface area contributed by atoms with Crippen molar-refractivity contribution < 1.29 is 19.1 Å². The second-order valence-corrected chi connectivity index (χ2v) is 5.78. The first-order valence-electron chi connectivity index (χ1n) is 8.99. The summed E-state index contributed by atoms with van der Waals surface area (Å²) in [6.45, 7) is 4.00. The zero-order valence-corrected chi connectivity index (χ0v) is 15.7. The number of hydrogen-bond donors (Lipinski definition) is 2. The van der Waals surface area contributed by atoms with E-state index in [1.807, 2.05) is 36.4 Å². The Morgan fingerprint density at radius 2 is 1.57 bits per heavy atom. The van der Waals surface area contributed by atoms with Gasteiger partial charge >= 0.3 is 12.1 Å². The van der Waals surface area contributed by atoms with E-state index in [1.54, 1.807) is 32.0 Å². The molecule has 0 atom stereocenters. The quantitative estimate of drug-likeness (QED) is 0.605. The summed E-state index contributed by atoms with van der Waals surface area (Å²) in [4.78, 5) is 28.9. The molecule has 0 spiro atoms. The smallest absolute Gasteiger partial charge is 0.411 e. The van der Waals surface area contributed by atoms with Crippen molar-refractivity contribution in [2.75, 3.05) is 23.8 Å². The highest BCUT2D eigenvalue weighted by molar-refractivity contribution is 6.04. The van der Waals surface area contributed by atoms with Crippen molar-refractivity contribution in [2.24, 2.45) is 0 Å². The lowest BCUT2D eigenvalue weighted by molar-refractivity contribution is 0.0528. The first-order chi connectivity index (χ1) is 13.6. The number of rotatable bonds is 6. The number of nitrogens with one attached hydrogen (secondary N) is 2. The van der Waals surface area contributed by atoms with Gasteiger partial charge in [-0.2, -0.15) is 0 Å². The van der Waals surface area contributed by atoms with Crippen molar-refractivity contribution in [2.45, 2.75) is 13.8 Å². The number of benzene rings is 1. The Kier molecular flexibility index (Phi) is 6.06. The van der Waals surface area contributed by atoms with E-state index in [4.69, 9.17) is 9.47 Å². The topological polar surface area (TPSA) is 89.5 Å². The van der Waals surface area contributed by atoms with E-state index in [1.165, 1.54) is 0 Å². The van der Waals surface area contributed by atoms with Gasteiger partial charge in [0.1, 0.15) is 11.4 Å². The van der Waals surface area contributed by atoms with Gasteiger partial charge in [-0.1, -0.05) is 36.4 Å². The van der Waals surface area contributed by atoms with Crippen molar-refractivity contribution in [3.05, 3.63) is 60.2 Å². The van der Waals surface area contributed by atoms with Crippen LogP contribution in [0.5, 0.6) is 0 Å². The molecule has 3 rings (SSSR count). The third-order valence-electron chi connectivity index (χ3n) is 3.93. The molecule has 0 fully saturated rings. The second kappa shape index (κ2) is 8.85. The maximum absolute atomic E-state index is 12.6. The average molecular weight is 379 g/mol. The fraction of sp³-hybridized carbons (Fsp3) is 0.190. The molecule has 0 bridgehead atoms. The summed E-state index contributed by atoms with van der Waals surface area (Å²) in [6.07, 6.45) is -0.560. The molecule has 0 aromatic heterocycles. The minimum atomic E-state index is -0.560. The molecule has 1 amide bonds. The van der Waals surface area contributed by atoms with Crippen LogP contribution < -0.4 is 10.6 Å². The van der Waals surface area contributed by atoms with Gasteiger partial charge < -0.3 is 14.8 Å². The molecule has 0 radical (unpaired) electrons. The molecule has 1 aliphatic heterocycles. The van der Waals surface area contributed by atoms with Gasteiger partial charge in [-0.25, -0.2) is 14.6 Å². The molecule has 7 heteroatoms. The maximum atomic E-state index is 12.6. The summed E-state index contributed by atoms with van der Waals surface area (Å²) in [5.74, 6) is -0.104. The van der Waals surface area contributed by atoms with Gasteiger partial charge in [0, 0.05) is 5.56 Å². The number of ether oxygens (including phenoxy) is 2. The molecule has 0 saturated carbocycles. The van der Waals surface area contributed by atoms with E-state index in [-0.39, 0.29) is 13.2 Å². The Labute approximate surface area is 163 Å². The van der Waals surface area contributed by atoms with Gasteiger partial charge in [0.05, 0.1) is 30.3 Å². The highest BCUT2D eigenvalue weighted by Gasteiger charge is 2.24. The van der Waals surface area contributed by atoms with Crippen LogP contribution in [0.25, 0.3) is 11.3 Å². The lowest BCUT2D eigenvalue weighted by Crippen LogP contribution is -2.14. The molecule has 1 aromatic carbocycles. The molecule has 7 nitrogen and oxygen atoms in total. The Morgan fingerprint density at radius 1 is 0.893 bits per heavy atom. The van der Waals surface area contributed by atoms with E-state index >= 15 is 0 Å². The summed E-state index contributed by atoms with van der Waals surface area (Å²) in [5.41, 5.74) is 2.77. The normalized spacial score (nSPS) is 10.4. The van der Waals surface area contributed by atoms with Crippen molar-refractivity contribution in [3.8, 4) is 11.3 Å². The Bertz CT molecular complexity index is 958. The van der Waals surface area contributed by atoms with Crippen molar-refractivity contribution in [1.82, 2.24) is 4.98 Å². The Hall–Kier alpha value is -3.61. The molecular formula is C21H21N3O4. The van der Waals surface area contributed by atoms with Crippen molar-refractivity contribution in [3.63, 3.8) is 0 Å². The van der Waals surface area contributed by atoms with Crippen LogP contribution in [0.15, 0.2) is 54.6 Å². The Balaban J connectivity index is 2.01. The van der Waals surface area contributed by atoms with E-state index in [9.17, 15) is 9.59 Å². The number of amides is 1. The van der Waals surface area contributed by atoms with E-state index in [2.05, 4.69) is 15.6 Å². The molecule has 1 aromatic rings. The van der Waals surface area contributed by atoms with Crippen LogP contribution in [0.2, 0.25) is 0 Å². The van der Waals surface area contributed by atoms with Crippen LogP contribution >= 0.6 is 0 Å². The fourth-order valence-electron chi connectivity index (χ4n) is 2.76. The van der Waals surface area contributed by atoms with Crippen LogP contribution in [0.3, 0.4) is 0 Å². The maximum Gasteiger partial charge on any atom is 0.411 e. The molecule has 28 heavy (non-hydrogen) atoms. The first-order valence-corrected chi connectivity index (χ1v) is 8.99. The minimum Gasteiger partial charge on any atom is -0.462 e. The van der Waals surface area contributed by atoms with E-state index in [0.717, 1.165) is 0 Å². The molecule has 2 N–H and O–H groups in total. The molecular weight excluding hydrogens is 358 g/mol. The largest absolute Gasteiger partial charge is 0.462 e. The average Bonchev–Trinajstić information content (AvgIpc) is 2.84. The number of carbonyl (C=O) groups is 2. The number of hydrogen-bond acceptors (Lipinski definition) is 6. The minimum absolute atomic E-state index is 0.255. The second-order valence-electron chi connectivity index (χ2n) is 5.78. The lowest BCUT2D eigenvalue weighted by atomic mass is 10.1. The summed E-state index contributed by atoms with van der Waals surface area (Å²) >= 11 is 0. The monoisotopic (exact) mass is 379 g/mol. The molecule has 1 aliphatic carbocycles. The van der Waals surface area contributed by atoms with E-state index in [0.29, 0.717) is 34.0 Å². The standard InChI is InChI=1S/C21H21N3O4/c1-3-27-20(25)18-14-10-6-5-7-11-15(14)22-19(18)23-16-12-8-9-13-17(16)24-21(26)28-4-2/h5-13H,3-4H2,1-2H3,(H,22,23)(H,24,26). The summed E-state index contributed by atoms with van der Waals surface area (Å²) in [7, 11) is 0. The van der Waals surface area contributed by atoms with Gasteiger partial charge in [0.25, 0.3) is 0 Å². The van der Waals surface area contributed by atoms with Gasteiger partial charge in [-0.3, -0.25) is 5.32 Å². The number of carbonyl (C=O) groups excluding carboxylic acids is 2. The Morgan fingerprint density at radius 3 is 2.32 bits per heavy atom. The fourth-order valence-corrected chi connectivity index (χ4v) is 2.76. The van der Waals surface area contributed by atoms with Crippen molar-refractivity contribution >= 4 is 29.3 Å². The van der Waals surface area contributed by atoms with Gasteiger partial charge in [-0.05, 0) is 32.0 Å². The van der Waals surface area contributed by atoms with E-state index < -0.39 is 12.1 Å². The summed E-state index contributed by atoms with van der Waals surface area (Å²) in [5, 5.41) is 5.82. The molecule has 144 valence electrons. The molecule has 1 heterocycles. The highest BCUT2D eigenvalue weighted by Crippen LogP contribution is 2.35.